The van der Waals surface area contributed by atoms with Gasteiger partial charge in [-0.3, -0.25) is 9.59 Å². The van der Waals surface area contributed by atoms with Gasteiger partial charge in [0.1, 0.15) is 0 Å². The first kappa shape index (κ1) is 15.4. The lowest BCUT2D eigenvalue weighted by atomic mass is 10.3. The third-order valence-electron chi connectivity index (χ3n) is 2.79. The van der Waals surface area contributed by atoms with Gasteiger partial charge in [-0.15, -0.1) is 8.78 Å². The predicted molar refractivity (Wildman–Crippen MR) is 76.5 cm³/mol. The first-order valence-electron chi connectivity index (χ1n) is 6.33. The fourth-order valence-electron chi connectivity index (χ4n) is 1.84. The van der Waals surface area contributed by atoms with Crippen LogP contribution in [0.4, 0.5) is 13.9 Å². The number of rotatable bonds is 4. The lowest BCUT2D eigenvalue weighted by Crippen LogP contribution is -2.36. The van der Waals surface area contributed by atoms with Gasteiger partial charge >= 0.3 is 6.29 Å². The molecule has 0 saturated heterocycles. The fourth-order valence-corrected chi connectivity index (χ4v) is 2.73. The first-order valence-corrected chi connectivity index (χ1v) is 7.15. The van der Waals surface area contributed by atoms with E-state index in [-0.39, 0.29) is 29.7 Å². The number of ether oxygens (including phenoxy) is 2. The summed E-state index contributed by atoms with van der Waals surface area (Å²) in [6.07, 6.45) is -3.69. The van der Waals surface area contributed by atoms with E-state index in [1.165, 1.54) is 12.1 Å². The van der Waals surface area contributed by atoms with Gasteiger partial charge in [-0.2, -0.15) is 0 Å². The van der Waals surface area contributed by atoms with Crippen molar-refractivity contribution in [2.24, 2.45) is 5.73 Å². The Morgan fingerprint density at radius 1 is 1.26 bits per heavy atom. The zero-order valence-corrected chi connectivity index (χ0v) is 12.2. The van der Waals surface area contributed by atoms with Crippen molar-refractivity contribution in [1.29, 1.82) is 0 Å². The second-order valence-corrected chi connectivity index (χ2v) is 5.51. The number of fused-ring (bicyclic) bond motifs is 2. The van der Waals surface area contributed by atoms with Crippen LogP contribution in [0.15, 0.2) is 12.1 Å². The molecule has 2 amide bonds. The Kier molecular flexibility index (Phi) is 3.74. The molecule has 8 nitrogen and oxygen atoms in total. The van der Waals surface area contributed by atoms with Crippen molar-refractivity contribution in [3.63, 3.8) is 0 Å². The number of nitrogens with zero attached hydrogens (tertiary/aromatic N) is 1. The zero-order chi connectivity index (χ0) is 16.6. The molecule has 1 aliphatic rings. The Hall–Kier alpha value is -2.53. The van der Waals surface area contributed by atoms with E-state index in [1.54, 1.807) is 0 Å². The van der Waals surface area contributed by atoms with Gasteiger partial charge in [0.2, 0.25) is 11.8 Å². The van der Waals surface area contributed by atoms with Crippen molar-refractivity contribution in [2.75, 3.05) is 18.4 Å². The SMILES string of the molecule is NCC(=O)NCC(=O)Nc1nc2cc3c(cc2s1)OC(F)(F)O3. The minimum atomic E-state index is -3.69. The molecule has 4 N–H and O–H groups in total. The second-order valence-electron chi connectivity index (χ2n) is 4.48. The summed E-state index contributed by atoms with van der Waals surface area (Å²) in [5.41, 5.74) is 5.47. The van der Waals surface area contributed by atoms with Crippen LogP contribution < -0.4 is 25.8 Å². The molecule has 2 heterocycles. The Morgan fingerprint density at radius 3 is 2.65 bits per heavy atom. The van der Waals surface area contributed by atoms with E-state index >= 15 is 0 Å². The topological polar surface area (TPSA) is 116 Å². The van der Waals surface area contributed by atoms with E-state index in [2.05, 4.69) is 25.1 Å². The van der Waals surface area contributed by atoms with Crippen LogP contribution in [0.2, 0.25) is 0 Å². The lowest BCUT2D eigenvalue weighted by Gasteiger charge is -2.04. The van der Waals surface area contributed by atoms with Crippen molar-refractivity contribution < 1.29 is 27.8 Å². The summed E-state index contributed by atoms with van der Waals surface area (Å²) in [5, 5.41) is 5.05. The molecule has 1 aromatic carbocycles. The number of carbonyl (C=O) groups excluding carboxylic acids is 2. The van der Waals surface area contributed by atoms with Crippen LogP contribution >= 0.6 is 11.3 Å². The molecule has 0 saturated carbocycles. The molecule has 0 atom stereocenters. The van der Waals surface area contributed by atoms with Crippen molar-refractivity contribution in [2.45, 2.75) is 6.29 Å². The van der Waals surface area contributed by atoms with E-state index in [4.69, 9.17) is 5.73 Å². The Bertz CT molecular complexity index is 750. The number of benzene rings is 1. The summed E-state index contributed by atoms with van der Waals surface area (Å²) in [6.45, 7) is -0.467. The van der Waals surface area contributed by atoms with Crippen LogP contribution in [0, 0.1) is 0 Å². The highest BCUT2D eigenvalue weighted by Crippen LogP contribution is 2.44. The van der Waals surface area contributed by atoms with Gasteiger partial charge in [-0.25, -0.2) is 4.98 Å². The van der Waals surface area contributed by atoms with Crippen LogP contribution in [0.25, 0.3) is 10.2 Å². The number of amides is 2. The molecule has 0 aliphatic carbocycles. The number of thiazole rings is 1. The summed E-state index contributed by atoms with van der Waals surface area (Å²) < 4.78 is 35.1. The van der Waals surface area contributed by atoms with E-state index < -0.39 is 18.1 Å². The Labute approximate surface area is 131 Å². The summed E-state index contributed by atoms with van der Waals surface area (Å²) in [4.78, 5) is 26.7. The average Bonchev–Trinajstić information content (AvgIpc) is 2.98. The number of carbonyl (C=O) groups is 2. The van der Waals surface area contributed by atoms with Gasteiger partial charge in [-0.1, -0.05) is 11.3 Å². The van der Waals surface area contributed by atoms with E-state index in [0.717, 1.165) is 11.3 Å². The third-order valence-corrected chi connectivity index (χ3v) is 3.72. The molecule has 0 fully saturated rings. The summed E-state index contributed by atoms with van der Waals surface area (Å²) >= 11 is 1.07. The molecule has 2 aromatic rings. The minimum absolute atomic E-state index is 0.0979. The summed E-state index contributed by atoms with van der Waals surface area (Å²) in [7, 11) is 0. The van der Waals surface area contributed by atoms with Gasteiger partial charge < -0.3 is 25.8 Å². The van der Waals surface area contributed by atoms with Gasteiger partial charge in [0, 0.05) is 12.1 Å². The first-order chi connectivity index (χ1) is 10.9. The summed E-state index contributed by atoms with van der Waals surface area (Å²) in [6, 6.07) is 2.66. The molecule has 0 bridgehead atoms. The number of halogens is 2. The molecular weight excluding hydrogens is 334 g/mol. The molecule has 122 valence electrons. The maximum absolute atomic E-state index is 13.0. The molecule has 0 radical (unpaired) electrons. The molecule has 23 heavy (non-hydrogen) atoms. The van der Waals surface area contributed by atoms with Gasteiger partial charge in [0.15, 0.2) is 16.6 Å². The van der Waals surface area contributed by atoms with Gasteiger partial charge in [0.05, 0.1) is 23.3 Å². The average molecular weight is 344 g/mol. The Balaban J connectivity index is 1.72. The maximum Gasteiger partial charge on any atom is 0.586 e. The maximum atomic E-state index is 13.0. The molecular formula is C12H10F2N4O4S. The molecule has 0 spiro atoms. The van der Waals surface area contributed by atoms with E-state index in [0.29, 0.717) is 10.2 Å². The van der Waals surface area contributed by atoms with Crippen LogP contribution in [0.1, 0.15) is 0 Å². The normalized spacial score (nSPS) is 14.7. The molecule has 3 rings (SSSR count). The monoisotopic (exact) mass is 344 g/mol. The smallest absolute Gasteiger partial charge is 0.395 e. The van der Waals surface area contributed by atoms with E-state index in [1.807, 2.05) is 0 Å². The summed E-state index contributed by atoms with van der Waals surface area (Å²) in [5.74, 6) is -1.17. The van der Waals surface area contributed by atoms with Crippen LogP contribution in [0.3, 0.4) is 0 Å². The predicted octanol–water partition coefficient (Wildman–Crippen LogP) is 0.631. The highest BCUT2D eigenvalue weighted by molar-refractivity contribution is 7.22. The highest BCUT2D eigenvalue weighted by atomic mass is 32.1. The number of aromatic nitrogens is 1. The fraction of sp³-hybridized carbons (Fsp3) is 0.250. The number of alkyl halides is 2. The second kappa shape index (κ2) is 5.59. The van der Waals surface area contributed by atoms with Crippen molar-refractivity contribution in [3.05, 3.63) is 12.1 Å². The van der Waals surface area contributed by atoms with Crippen molar-refractivity contribution in [1.82, 2.24) is 10.3 Å². The lowest BCUT2D eigenvalue weighted by molar-refractivity contribution is -0.286. The van der Waals surface area contributed by atoms with Crippen LogP contribution in [-0.2, 0) is 9.59 Å². The van der Waals surface area contributed by atoms with Crippen LogP contribution in [0.5, 0.6) is 11.5 Å². The highest BCUT2D eigenvalue weighted by Gasteiger charge is 2.43. The van der Waals surface area contributed by atoms with Crippen molar-refractivity contribution in [3.8, 4) is 11.5 Å². The third kappa shape index (κ3) is 3.29. The molecule has 1 aliphatic heterocycles. The largest absolute Gasteiger partial charge is 0.586 e. The standard InChI is InChI=1S/C12H10F2N4O4S/c13-12(14)21-6-1-5-8(2-7(6)22-12)23-11(17-5)18-10(20)4-16-9(19)3-15/h1-2H,3-4,15H2,(H,16,19)(H,17,18,20). The quantitative estimate of drug-likeness (QED) is 0.749. The Morgan fingerprint density at radius 2 is 1.96 bits per heavy atom. The number of nitrogens with two attached hydrogens (primary N) is 1. The number of hydrogen-bond acceptors (Lipinski definition) is 7. The van der Waals surface area contributed by atoms with Gasteiger partial charge in [0.25, 0.3) is 0 Å². The number of anilines is 1. The van der Waals surface area contributed by atoms with Crippen molar-refractivity contribution >= 4 is 38.5 Å². The molecule has 0 unspecified atom stereocenters. The van der Waals surface area contributed by atoms with Gasteiger partial charge in [-0.05, 0) is 0 Å². The molecule has 1 aromatic heterocycles. The van der Waals surface area contributed by atoms with E-state index in [9.17, 15) is 18.4 Å². The zero-order valence-electron chi connectivity index (χ0n) is 11.4. The van der Waals surface area contributed by atoms with Crippen LogP contribution in [-0.4, -0.2) is 36.2 Å². The molecule has 11 heteroatoms. The number of nitrogens with one attached hydrogen (secondary N) is 2. The minimum Gasteiger partial charge on any atom is -0.395 e. The number of hydrogen-bond donors (Lipinski definition) is 3.